The molecule has 2 heteroatoms. The maximum atomic E-state index is 11.7. The van der Waals surface area contributed by atoms with Crippen LogP contribution in [0.4, 0.5) is 0 Å². The fraction of sp³-hybridized carbons (Fsp3) is 0.438. The zero-order valence-corrected chi connectivity index (χ0v) is 12.0. The van der Waals surface area contributed by atoms with Crippen molar-refractivity contribution in [2.45, 2.75) is 40.2 Å². The first kappa shape index (κ1) is 14.5. The minimum absolute atomic E-state index is 0.114. The Kier molecular flexibility index (Phi) is 4.71. The van der Waals surface area contributed by atoms with Gasteiger partial charge in [-0.2, -0.15) is 0 Å². The zero-order valence-electron chi connectivity index (χ0n) is 12.0. The van der Waals surface area contributed by atoms with E-state index >= 15 is 0 Å². The summed E-state index contributed by atoms with van der Waals surface area (Å²) in [5, 5.41) is 0. The molecule has 1 aromatic carbocycles. The Morgan fingerprint density at radius 1 is 1.17 bits per heavy atom. The number of carbonyl (C=O) groups excluding carboxylic acids is 1. The average Bonchev–Trinajstić information content (AvgIpc) is 2.25. The monoisotopic (exact) mass is 245 g/mol. The molecule has 0 aromatic heterocycles. The third kappa shape index (κ3) is 4.36. The van der Waals surface area contributed by atoms with Crippen LogP contribution in [0.25, 0.3) is 6.08 Å². The van der Waals surface area contributed by atoms with E-state index in [1.807, 2.05) is 23.1 Å². The summed E-state index contributed by atoms with van der Waals surface area (Å²) in [5.41, 5.74) is 2.22. The molecular formula is C16H23NO. The molecule has 0 atom stereocenters. The summed E-state index contributed by atoms with van der Waals surface area (Å²) < 4.78 is 0. The highest BCUT2D eigenvalue weighted by Crippen LogP contribution is 2.16. The molecule has 1 amide bonds. The first-order valence-electron chi connectivity index (χ1n) is 6.31. The van der Waals surface area contributed by atoms with Gasteiger partial charge in [-0.15, -0.1) is 0 Å². The lowest BCUT2D eigenvalue weighted by atomic mass is 10.0. The lowest BCUT2D eigenvalue weighted by Crippen LogP contribution is -2.45. The number of carbonyl (C=O) groups is 1. The molecule has 1 aromatic rings. The average molecular weight is 245 g/mol. The van der Waals surface area contributed by atoms with Gasteiger partial charge in [0.15, 0.2) is 0 Å². The van der Waals surface area contributed by atoms with Gasteiger partial charge in [-0.25, -0.2) is 0 Å². The Morgan fingerprint density at radius 2 is 1.72 bits per heavy atom. The fourth-order valence-electron chi connectivity index (χ4n) is 1.95. The van der Waals surface area contributed by atoms with Crippen LogP contribution in [0.15, 0.2) is 35.9 Å². The Bertz CT molecular complexity index is 426. The standard InChI is InChI=1S/C16H23NO/c1-13(11-15-9-7-6-8-10-15)12-17(14(2)18)16(3,4)5/h6-11H,12H2,1-5H3/b13-11-. The number of nitrogens with zero attached hydrogens (tertiary/aromatic N) is 1. The molecule has 0 spiro atoms. The van der Waals surface area contributed by atoms with Crippen molar-refractivity contribution in [3.63, 3.8) is 0 Å². The van der Waals surface area contributed by atoms with Crippen molar-refractivity contribution in [2.75, 3.05) is 6.54 Å². The summed E-state index contributed by atoms with van der Waals surface area (Å²) >= 11 is 0. The Morgan fingerprint density at radius 3 is 2.17 bits per heavy atom. The predicted molar refractivity (Wildman–Crippen MR) is 77.2 cm³/mol. The van der Waals surface area contributed by atoms with Gasteiger partial charge in [0.25, 0.3) is 0 Å². The SMILES string of the molecule is CC(=O)N(C/C(C)=C\c1ccccc1)C(C)(C)C. The predicted octanol–water partition coefficient (Wildman–Crippen LogP) is 3.74. The second-order valence-electron chi connectivity index (χ2n) is 5.68. The Balaban J connectivity index is 2.83. The van der Waals surface area contributed by atoms with Crippen molar-refractivity contribution in [1.82, 2.24) is 4.90 Å². The molecule has 0 radical (unpaired) electrons. The molecular weight excluding hydrogens is 222 g/mol. The van der Waals surface area contributed by atoms with E-state index < -0.39 is 0 Å². The smallest absolute Gasteiger partial charge is 0.220 e. The van der Waals surface area contributed by atoms with Crippen LogP contribution >= 0.6 is 0 Å². The Labute approximate surface area is 110 Å². The van der Waals surface area contributed by atoms with Crippen molar-refractivity contribution in [3.8, 4) is 0 Å². The van der Waals surface area contributed by atoms with E-state index in [2.05, 4.69) is 45.9 Å². The molecule has 0 unspecified atom stereocenters. The fourth-order valence-corrected chi connectivity index (χ4v) is 1.95. The molecule has 98 valence electrons. The highest BCUT2D eigenvalue weighted by atomic mass is 16.2. The van der Waals surface area contributed by atoms with E-state index in [4.69, 9.17) is 0 Å². The van der Waals surface area contributed by atoms with Crippen LogP contribution in [-0.2, 0) is 4.79 Å². The maximum Gasteiger partial charge on any atom is 0.220 e. The van der Waals surface area contributed by atoms with E-state index in [9.17, 15) is 4.79 Å². The van der Waals surface area contributed by atoms with Gasteiger partial charge >= 0.3 is 0 Å². The van der Waals surface area contributed by atoms with Crippen molar-refractivity contribution in [3.05, 3.63) is 41.5 Å². The second kappa shape index (κ2) is 5.85. The quantitative estimate of drug-likeness (QED) is 0.794. The molecule has 0 N–H and O–H groups in total. The van der Waals surface area contributed by atoms with Crippen LogP contribution in [0.5, 0.6) is 0 Å². The summed E-state index contributed by atoms with van der Waals surface area (Å²) in [6.45, 7) is 10.5. The van der Waals surface area contributed by atoms with Gasteiger partial charge in [0, 0.05) is 19.0 Å². The number of hydrogen-bond donors (Lipinski definition) is 0. The van der Waals surface area contributed by atoms with Crippen LogP contribution in [0.3, 0.4) is 0 Å². The number of amides is 1. The molecule has 18 heavy (non-hydrogen) atoms. The topological polar surface area (TPSA) is 20.3 Å². The number of hydrogen-bond acceptors (Lipinski definition) is 1. The van der Waals surface area contributed by atoms with Gasteiger partial charge in [-0.1, -0.05) is 42.0 Å². The maximum absolute atomic E-state index is 11.7. The van der Waals surface area contributed by atoms with Crippen molar-refractivity contribution in [2.24, 2.45) is 0 Å². The molecule has 2 nitrogen and oxygen atoms in total. The lowest BCUT2D eigenvalue weighted by Gasteiger charge is -2.35. The first-order valence-corrected chi connectivity index (χ1v) is 6.31. The highest BCUT2D eigenvalue weighted by Gasteiger charge is 2.23. The van der Waals surface area contributed by atoms with Gasteiger partial charge in [0.05, 0.1) is 0 Å². The largest absolute Gasteiger partial charge is 0.334 e. The third-order valence-electron chi connectivity index (χ3n) is 2.81. The summed E-state index contributed by atoms with van der Waals surface area (Å²) in [7, 11) is 0. The molecule has 0 bridgehead atoms. The molecule has 0 heterocycles. The highest BCUT2D eigenvalue weighted by molar-refractivity contribution is 5.74. The van der Waals surface area contributed by atoms with Crippen LogP contribution in [-0.4, -0.2) is 22.9 Å². The van der Waals surface area contributed by atoms with Crippen molar-refractivity contribution >= 4 is 12.0 Å². The molecule has 1 rings (SSSR count). The van der Waals surface area contributed by atoms with Crippen LogP contribution in [0.2, 0.25) is 0 Å². The number of rotatable bonds is 3. The molecule has 0 saturated carbocycles. The van der Waals surface area contributed by atoms with E-state index in [1.54, 1.807) is 6.92 Å². The van der Waals surface area contributed by atoms with E-state index in [0.717, 1.165) is 0 Å². The van der Waals surface area contributed by atoms with Gasteiger partial charge < -0.3 is 4.90 Å². The second-order valence-corrected chi connectivity index (χ2v) is 5.68. The van der Waals surface area contributed by atoms with Gasteiger partial charge in [0.2, 0.25) is 5.91 Å². The summed E-state index contributed by atoms with van der Waals surface area (Å²) in [4.78, 5) is 13.6. The van der Waals surface area contributed by atoms with Crippen LogP contribution in [0, 0.1) is 0 Å². The van der Waals surface area contributed by atoms with Crippen molar-refractivity contribution < 1.29 is 4.79 Å². The normalized spacial score (nSPS) is 12.4. The number of benzene rings is 1. The lowest BCUT2D eigenvalue weighted by molar-refractivity contribution is -0.132. The minimum atomic E-state index is -0.141. The van der Waals surface area contributed by atoms with E-state index in [1.165, 1.54) is 11.1 Å². The van der Waals surface area contributed by atoms with Crippen LogP contribution < -0.4 is 0 Å². The summed E-state index contributed by atoms with van der Waals surface area (Å²) in [5.74, 6) is 0.114. The molecule has 0 aliphatic heterocycles. The molecule has 0 saturated heterocycles. The molecule has 0 aliphatic rings. The van der Waals surface area contributed by atoms with Crippen molar-refractivity contribution in [1.29, 1.82) is 0 Å². The first-order chi connectivity index (χ1) is 8.30. The zero-order chi connectivity index (χ0) is 13.8. The molecule has 0 fully saturated rings. The third-order valence-corrected chi connectivity index (χ3v) is 2.81. The molecule has 0 aliphatic carbocycles. The minimum Gasteiger partial charge on any atom is -0.334 e. The van der Waals surface area contributed by atoms with Crippen LogP contribution in [0.1, 0.15) is 40.2 Å². The summed E-state index contributed by atoms with van der Waals surface area (Å²) in [6.07, 6.45) is 2.13. The van der Waals surface area contributed by atoms with Gasteiger partial charge in [0.1, 0.15) is 0 Å². The Hall–Kier alpha value is -1.57. The van der Waals surface area contributed by atoms with E-state index in [0.29, 0.717) is 6.54 Å². The van der Waals surface area contributed by atoms with E-state index in [-0.39, 0.29) is 11.4 Å². The van der Waals surface area contributed by atoms with Gasteiger partial charge in [-0.3, -0.25) is 4.79 Å². The summed E-state index contributed by atoms with van der Waals surface area (Å²) in [6, 6.07) is 10.2. The van der Waals surface area contributed by atoms with Gasteiger partial charge in [-0.05, 0) is 33.3 Å².